The SMILES string of the molecule is CC1(Cl)CC=CO1. The lowest BCUT2D eigenvalue weighted by Crippen LogP contribution is -2.11. The molecule has 0 aromatic heterocycles. The Balaban J connectivity index is 2.49. The van der Waals surface area contributed by atoms with E-state index < -0.39 is 5.06 Å². The Morgan fingerprint density at radius 2 is 2.57 bits per heavy atom. The Hall–Kier alpha value is -0.170. The summed E-state index contributed by atoms with van der Waals surface area (Å²) >= 11 is 5.68. The quantitative estimate of drug-likeness (QED) is 0.442. The van der Waals surface area contributed by atoms with Crippen molar-refractivity contribution in [3.63, 3.8) is 0 Å². The van der Waals surface area contributed by atoms with Crippen molar-refractivity contribution in [3.05, 3.63) is 12.3 Å². The number of hydrogen-bond donors (Lipinski definition) is 0. The van der Waals surface area contributed by atoms with Crippen LogP contribution in [0.25, 0.3) is 0 Å². The van der Waals surface area contributed by atoms with Gasteiger partial charge in [0.1, 0.15) is 0 Å². The maximum atomic E-state index is 5.68. The molecule has 0 aliphatic carbocycles. The lowest BCUT2D eigenvalue weighted by atomic mass is 10.3. The van der Waals surface area contributed by atoms with Crippen LogP contribution in [0.3, 0.4) is 0 Å². The van der Waals surface area contributed by atoms with Crippen LogP contribution in [0.4, 0.5) is 0 Å². The lowest BCUT2D eigenvalue weighted by Gasteiger charge is -2.12. The number of hydrogen-bond acceptors (Lipinski definition) is 1. The Bertz CT molecular complexity index is 86.3. The highest BCUT2D eigenvalue weighted by Gasteiger charge is 2.22. The number of ether oxygens (including phenoxy) is 1. The summed E-state index contributed by atoms with van der Waals surface area (Å²) in [4.78, 5) is 0. The smallest absolute Gasteiger partial charge is 0.182 e. The van der Waals surface area contributed by atoms with Gasteiger partial charge in [-0.15, -0.1) is 0 Å². The first kappa shape index (κ1) is 4.98. The highest BCUT2D eigenvalue weighted by atomic mass is 35.5. The standard InChI is InChI=1S/C5H7ClO/c1-5(6)3-2-4-7-5/h2,4H,3H2,1H3. The van der Waals surface area contributed by atoms with Gasteiger partial charge >= 0.3 is 0 Å². The first-order chi connectivity index (χ1) is 3.21. The zero-order valence-electron chi connectivity index (χ0n) is 4.15. The van der Waals surface area contributed by atoms with Gasteiger partial charge in [-0.1, -0.05) is 11.6 Å². The molecule has 0 amide bonds. The molecule has 2 heteroatoms. The maximum Gasteiger partial charge on any atom is 0.182 e. The fourth-order valence-electron chi connectivity index (χ4n) is 0.497. The first-order valence-electron chi connectivity index (χ1n) is 2.22. The van der Waals surface area contributed by atoms with E-state index in [1.807, 2.05) is 13.0 Å². The van der Waals surface area contributed by atoms with Gasteiger partial charge in [-0.3, -0.25) is 0 Å². The molecule has 0 saturated heterocycles. The summed E-state index contributed by atoms with van der Waals surface area (Å²) in [5.41, 5.74) is 0. The molecule has 0 saturated carbocycles. The van der Waals surface area contributed by atoms with Gasteiger partial charge in [-0.2, -0.15) is 0 Å². The second-order valence-corrected chi connectivity index (χ2v) is 2.60. The van der Waals surface area contributed by atoms with Gasteiger partial charge in [0.25, 0.3) is 0 Å². The minimum absolute atomic E-state index is 0.444. The molecule has 40 valence electrons. The normalized spacial score (nSPS) is 38.6. The van der Waals surface area contributed by atoms with Gasteiger partial charge in [0, 0.05) is 6.42 Å². The predicted molar refractivity (Wildman–Crippen MR) is 29.1 cm³/mol. The molecule has 0 aromatic carbocycles. The topological polar surface area (TPSA) is 9.23 Å². The van der Waals surface area contributed by atoms with Crippen molar-refractivity contribution in [1.29, 1.82) is 0 Å². The van der Waals surface area contributed by atoms with Crippen LogP contribution < -0.4 is 0 Å². The minimum atomic E-state index is -0.444. The fraction of sp³-hybridized carbons (Fsp3) is 0.600. The van der Waals surface area contributed by atoms with Gasteiger partial charge in [-0.25, -0.2) is 0 Å². The molecular formula is C5H7ClO. The second-order valence-electron chi connectivity index (χ2n) is 1.80. The van der Waals surface area contributed by atoms with Crippen LogP contribution in [-0.2, 0) is 4.74 Å². The molecule has 0 bridgehead atoms. The molecule has 0 aromatic rings. The largest absolute Gasteiger partial charge is 0.480 e. The molecule has 1 heterocycles. The molecule has 1 unspecified atom stereocenters. The third kappa shape index (κ3) is 1.10. The third-order valence-corrected chi connectivity index (χ3v) is 1.14. The van der Waals surface area contributed by atoms with Crippen molar-refractivity contribution < 1.29 is 4.74 Å². The van der Waals surface area contributed by atoms with Crippen LogP contribution in [0.5, 0.6) is 0 Å². The molecule has 0 fully saturated rings. The van der Waals surface area contributed by atoms with Gasteiger partial charge in [0.15, 0.2) is 5.06 Å². The van der Waals surface area contributed by atoms with Crippen LogP contribution in [-0.4, -0.2) is 5.06 Å². The zero-order chi connectivity index (χ0) is 5.33. The van der Waals surface area contributed by atoms with Crippen molar-refractivity contribution in [3.8, 4) is 0 Å². The molecule has 0 spiro atoms. The van der Waals surface area contributed by atoms with Gasteiger partial charge in [0.05, 0.1) is 6.26 Å². The molecule has 1 nitrogen and oxygen atoms in total. The van der Waals surface area contributed by atoms with Crippen molar-refractivity contribution >= 4 is 11.6 Å². The van der Waals surface area contributed by atoms with Crippen molar-refractivity contribution in [1.82, 2.24) is 0 Å². The molecule has 7 heavy (non-hydrogen) atoms. The molecule has 1 aliphatic rings. The minimum Gasteiger partial charge on any atom is -0.480 e. The number of alkyl halides is 1. The summed E-state index contributed by atoms with van der Waals surface area (Å²) in [6.45, 7) is 1.84. The summed E-state index contributed by atoms with van der Waals surface area (Å²) < 4.78 is 4.93. The van der Waals surface area contributed by atoms with Crippen molar-refractivity contribution in [2.75, 3.05) is 0 Å². The van der Waals surface area contributed by atoms with Crippen LogP contribution in [0.2, 0.25) is 0 Å². The zero-order valence-corrected chi connectivity index (χ0v) is 4.90. The molecule has 1 rings (SSSR count). The predicted octanol–water partition coefficient (Wildman–Crippen LogP) is 1.88. The van der Waals surface area contributed by atoms with E-state index >= 15 is 0 Å². The number of halogens is 1. The monoisotopic (exact) mass is 118 g/mol. The lowest BCUT2D eigenvalue weighted by molar-refractivity contribution is 0.147. The van der Waals surface area contributed by atoms with E-state index in [1.54, 1.807) is 6.26 Å². The van der Waals surface area contributed by atoms with E-state index in [1.165, 1.54) is 0 Å². The fourth-order valence-corrected chi connectivity index (χ4v) is 0.637. The van der Waals surface area contributed by atoms with Crippen LogP contribution >= 0.6 is 11.6 Å². The van der Waals surface area contributed by atoms with E-state index in [9.17, 15) is 0 Å². The first-order valence-corrected chi connectivity index (χ1v) is 2.60. The average Bonchev–Trinajstić information content (AvgIpc) is 1.84. The molecule has 1 aliphatic heterocycles. The molecule has 0 radical (unpaired) electrons. The van der Waals surface area contributed by atoms with Crippen molar-refractivity contribution in [2.24, 2.45) is 0 Å². The Morgan fingerprint density at radius 1 is 1.86 bits per heavy atom. The maximum absolute atomic E-state index is 5.68. The van der Waals surface area contributed by atoms with Crippen molar-refractivity contribution in [2.45, 2.75) is 18.4 Å². The average molecular weight is 119 g/mol. The highest BCUT2D eigenvalue weighted by molar-refractivity contribution is 6.22. The van der Waals surface area contributed by atoms with E-state index in [0.717, 1.165) is 6.42 Å². The van der Waals surface area contributed by atoms with E-state index in [0.29, 0.717) is 0 Å². The Morgan fingerprint density at radius 3 is 2.71 bits per heavy atom. The summed E-state index contributed by atoms with van der Waals surface area (Å²) in [7, 11) is 0. The summed E-state index contributed by atoms with van der Waals surface area (Å²) in [6, 6.07) is 0. The molecule has 0 N–H and O–H groups in total. The Labute approximate surface area is 47.9 Å². The van der Waals surface area contributed by atoms with E-state index in [2.05, 4.69) is 0 Å². The van der Waals surface area contributed by atoms with Gasteiger partial charge < -0.3 is 4.74 Å². The van der Waals surface area contributed by atoms with Gasteiger partial charge in [-0.05, 0) is 13.0 Å². The number of rotatable bonds is 0. The van der Waals surface area contributed by atoms with Crippen LogP contribution in [0.1, 0.15) is 13.3 Å². The molecule has 1 atom stereocenters. The van der Waals surface area contributed by atoms with Crippen LogP contribution in [0.15, 0.2) is 12.3 Å². The van der Waals surface area contributed by atoms with Gasteiger partial charge in [0.2, 0.25) is 0 Å². The Kier molecular flexibility index (Phi) is 1.00. The second kappa shape index (κ2) is 1.41. The highest BCUT2D eigenvalue weighted by Crippen LogP contribution is 2.26. The summed E-state index contributed by atoms with van der Waals surface area (Å²) in [5.74, 6) is 0. The van der Waals surface area contributed by atoms with E-state index in [4.69, 9.17) is 16.3 Å². The summed E-state index contributed by atoms with van der Waals surface area (Å²) in [6.07, 6.45) is 4.36. The summed E-state index contributed by atoms with van der Waals surface area (Å²) in [5, 5.41) is -0.444. The van der Waals surface area contributed by atoms with E-state index in [-0.39, 0.29) is 0 Å². The third-order valence-electron chi connectivity index (χ3n) is 0.892. The molecular weight excluding hydrogens is 112 g/mol. The van der Waals surface area contributed by atoms with Crippen LogP contribution in [0, 0.1) is 0 Å².